The number of rotatable bonds is 5. The molecule has 2 N–H and O–H groups in total. The molecular formula is C14H27NO2. The SMILES string of the molecule is CCC(O)(CC)CNC1C2CCOC2C1(C)C. The van der Waals surface area contributed by atoms with Gasteiger partial charge in [-0.2, -0.15) is 0 Å². The molecule has 3 nitrogen and oxygen atoms in total. The zero-order valence-electron chi connectivity index (χ0n) is 11.6. The van der Waals surface area contributed by atoms with Gasteiger partial charge in [0, 0.05) is 30.5 Å². The van der Waals surface area contributed by atoms with E-state index in [9.17, 15) is 5.11 Å². The van der Waals surface area contributed by atoms with Crippen LogP contribution in [0.15, 0.2) is 0 Å². The third-order valence-electron chi connectivity index (χ3n) is 5.07. The Kier molecular flexibility index (Phi) is 3.54. The highest BCUT2D eigenvalue weighted by Gasteiger charge is 2.59. The molecule has 2 fully saturated rings. The summed E-state index contributed by atoms with van der Waals surface area (Å²) in [6, 6.07) is 0.500. The van der Waals surface area contributed by atoms with Gasteiger partial charge in [-0.3, -0.25) is 0 Å². The lowest BCUT2D eigenvalue weighted by Gasteiger charge is -2.55. The Hall–Kier alpha value is -0.120. The molecular weight excluding hydrogens is 214 g/mol. The third-order valence-corrected chi connectivity index (χ3v) is 5.07. The van der Waals surface area contributed by atoms with Gasteiger partial charge in [0.2, 0.25) is 0 Å². The normalized spacial score (nSPS) is 35.5. The van der Waals surface area contributed by atoms with Crippen molar-refractivity contribution in [3.63, 3.8) is 0 Å². The van der Waals surface area contributed by atoms with Gasteiger partial charge in [-0.05, 0) is 19.3 Å². The molecule has 1 saturated heterocycles. The van der Waals surface area contributed by atoms with Crippen LogP contribution in [-0.2, 0) is 4.74 Å². The van der Waals surface area contributed by atoms with E-state index in [-0.39, 0.29) is 5.41 Å². The quantitative estimate of drug-likeness (QED) is 0.773. The molecule has 1 aliphatic carbocycles. The molecule has 1 saturated carbocycles. The van der Waals surface area contributed by atoms with Crippen LogP contribution in [0.2, 0.25) is 0 Å². The molecule has 2 rings (SSSR count). The maximum Gasteiger partial charge on any atom is 0.0766 e. The molecule has 3 heteroatoms. The van der Waals surface area contributed by atoms with Gasteiger partial charge >= 0.3 is 0 Å². The van der Waals surface area contributed by atoms with E-state index in [0.717, 1.165) is 19.4 Å². The monoisotopic (exact) mass is 241 g/mol. The molecule has 0 aromatic rings. The second-order valence-electron chi connectivity index (χ2n) is 6.36. The predicted molar refractivity (Wildman–Crippen MR) is 69.0 cm³/mol. The van der Waals surface area contributed by atoms with Gasteiger partial charge in [0.25, 0.3) is 0 Å². The van der Waals surface area contributed by atoms with Crippen LogP contribution in [0, 0.1) is 11.3 Å². The zero-order valence-corrected chi connectivity index (χ0v) is 11.6. The van der Waals surface area contributed by atoms with Crippen LogP contribution in [0.25, 0.3) is 0 Å². The van der Waals surface area contributed by atoms with Crippen molar-refractivity contribution in [2.45, 2.75) is 64.7 Å². The molecule has 17 heavy (non-hydrogen) atoms. The molecule has 0 spiro atoms. The summed E-state index contributed by atoms with van der Waals surface area (Å²) in [5, 5.41) is 13.9. The van der Waals surface area contributed by atoms with Crippen LogP contribution in [0.4, 0.5) is 0 Å². The van der Waals surface area contributed by atoms with E-state index in [2.05, 4.69) is 33.0 Å². The van der Waals surface area contributed by atoms with Crippen molar-refractivity contribution in [3.8, 4) is 0 Å². The van der Waals surface area contributed by atoms with Gasteiger partial charge in [-0.15, -0.1) is 0 Å². The lowest BCUT2D eigenvalue weighted by molar-refractivity contribution is -0.117. The minimum atomic E-state index is -0.541. The summed E-state index contributed by atoms with van der Waals surface area (Å²) < 4.78 is 5.78. The maximum atomic E-state index is 10.3. The Bertz CT molecular complexity index is 273. The van der Waals surface area contributed by atoms with E-state index in [1.165, 1.54) is 6.42 Å². The first-order chi connectivity index (χ1) is 7.94. The second-order valence-corrected chi connectivity index (χ2v) is 6.36. The first-order valence-corrected chi connectivity index (χ1v) is 7.02. The summed E-state index contributed by atoms with van der Waals surface area (Å²) in [7, 11) is 0. The molecule has 2 aliphatic rings. The Morgan fingerprint density at radius 1 is 1.35 bits per heavy atom. The van der Waals surface area contributed by atoms with Crippen LogP contribution in [0.5, 0.6) is 0 Å². The topological polar surface area (TPSA) is 41.5 Å². The summed E-state index contributed by atoms with van der Waals surface area (Å²) in [6.07, 6.45) is 3.22. The van der Waals surface area contributed by atoms with E-state index in [1.807, 2.05) is 0 Å². The smallest absolute Gasteiger partial charge is 0.0766 e. The fraction of sp³-hybridized carbons (Fsp3) is 1.00. The molecule has 1 aliphatic heterocycles. The minimum absolute atomic E-state index is 0.212. The summed E-state index contributed by atoms with van der Waals surface area (Å²) in [5.41, 5.74) is -0.329. The van der Waals surface area contributed by atoms with Gasteiger partial charge in [0.15, 0.2) is 0 Å². The van der Waals surface area contributed by atoms with Crippen LogP contribution in [0.3, 0.4) is 0 Å². The largest absolute Gasteiger partial charge is 0.389 e. The lowest BCUT2D eigenvalue weighted by Crippen LogP contribution is -2.67. The van der Waals surface area contributed by atoms with Crippen molar-refractivity contribution in [2.75, 3.05) is 13.2 Å². The average Bonchev–Trinajstić information content (AvgIpc) is 2.75. The molecule has 0 radical (unpaired) electrons. The molecule has 0 amide bonds. The van der Waals surface area contributed by atoms with Crippen molar-refractivity contribution in [1.82, 2.24) is 5.32 Å². The van der Waals surface area contributed by atoms with Crippen LogP contribution < -0.4 is 5.32 Å². The molecule has 0 aromatic carbocycles. The summed E-state index contributed by atoms with van der Waals surface area (Å²) >= 11 is 0. The molecule has 3 unspecified atom stereocenters. The third kappa shape index (κ3) is 2.13. The fourth-order valence-electron chi connectivity index (χ4n) is 3.54. The van der Waals surface area contributed by atoms with Gasteiger partial charge in [0.1, 0.15) is 0 Å². The summed E-state index contributed by atoms with van der Waals surface area (Å²) in [5.74, 6) is 0.656. The van der Waals surface area contributed by atoms with E-state index >= 15 is 0 Å². The molecule has 100 valence electrons. The highest BCUT2D eigenvalue weighted by Crippen LogP contribution is 2.52. The first-order valence-electron chi connectivity index (χ1n) is 7.02. The Labute approximate surface area is 105 Å². The first kappa shape index (κ1) is 13.3. The maximum absolute atomic E-state index is 10.3. The molecule has 0 bridgehead atoms. The number of nitrogens with one attached hydrogen (secondary N) is 1. The van der Waals surface area contributed by atoms with Crippen molar-refractivity contribution < 1.29 is 9.84 Å². The number of hydrogen-bond donors (Lipinski definition) is 2. The van der Waals surface area contributed by atoms with Gasteiger partial charge in [-0.25, -0.2) is 0 Å². The van der Waals surface area contributed by atoms with Gasteiger partial charge in [0.05, 0.1) is 11.7 Å². The van der Waals surface area contributed by atoms with Gasteiger partial charge in [-0.1, -0.05) is 27.7 Å². The number of aliphatic hydroxyl groups is 1. The Morgan fingerprint density at radius 2 is 2.00 bits per heavy atom. The Morgan fingerprint density at radius 3 is 2.59 bits per heavy atom. The molecule has 0 aromatic heterocycles. The van der Waals surface area contributed by atoms with Crippen molar-refractivity contribution >= 4 is 0 Å². The Balaban J connectivity index is 1.91. The second kappa shape index (κ2) is 4.52. The van der Waals surface area contributed by atoms with Crippen molar-refractivity contribution in [3.05, 3.63) is 0 Å². The van der Waals surface area contributed by atoms with Crippen molar-refractivity contribution in [2.24, 2.45) is 11.3 Å². The minimum Gasteiger partial charge on any atom is -0.389 e. The molecule has 1 heterocycles. The van der Waals surface area contributed by atoms with Crippen LogP contribution in [0.1, 0.15) is 47.0 Å². The van der Waals surface area contributed by atoms with Crippen LogP contribution >= 0.6 is 0 Å². The van der Waals surface area contributed by atoms with Crippen LogP contribution in [-0.4, -0.2) is 36.0 Å². The summed E-state index contributed by atoms with van der Waals surface area (Å²) in [4.78, 5) is 0. The highest BCUT2D eigenvalue weighted by molar-refractivity contribution is 5.11. The van der Waals surface area contributed by atoms with E-state index in [4.69, 9.17) is 4.74 Å². The highest BCUT2D eigenvalue weighted by atomic mass is 16.5. The van der Waals surface area contributed by atoms with E-state index in [1.54, 1.807) is 0 Å². The van der Waals surface area contributed by atoms with E-state index in [0.29, 0.717) is 24.6 Å². The fourth-order valence-corrected chi connectivity index (χ4v) is 3.54. The molecule has 3 atom stereocenters. The number of ether oxygens (including phenoxy) is 1. The number of fused-ring (bicyclic) bond motifs is 1. The lowest BCUT2D eigenvalue weighted by atomic mass is 9.57. The number of hydrogen-bond acceptors (Lipinski definition) is 3. The van der Waals surface area contributed by atoms with E-state index < -0.39 is 5.60 Å². The predicted octanol–water partition coefficient (Wildman–Crippen LogP) is 1.94. The zero-order chi connectivity index (χ0) is 12.7. The van der Waals surface area contributed by atoms with Crippen molar-refractivity contribution in [1.29, 1.82) is 0 Å². The van der Waals surface area contributed by atoms with Gasteiger partial charge < -0.3 is 15.2 Å². The average molecular weight is 241 g/mol. The standard InChI is InChI=1S/C14H27NO2/c1-5-14(16,6-2)9-15-11-10-7-8-17-12(10)13(11,3)4/h10-12,15-16H,5-9H2,1-4H3. The summed E-state index contributed by atoms with van der Waals surface area (Å²) in [6.45, 7) is 10.3.